The minimum absolute atomic E-state index is 0.0760. The molecule has 0 aliphatic heterocycles. The van der Waals surface area contributed by atoms with Gasteiger partial charge in [-0.2, -0.15) is 5.10 Å². The summed E-state index contributed by atoms with van der Waals surface area (Å²) in [6.45, 7) is 0. The monoisotopic (exact) mass is 725 g/mol. The van der Waals surface area contributed by atoms with Gasteiger partial charge in [0.25, 0.3) is 17.5 Å². The summed E-state index contributed by atoms with van der Waals surface area (Å²) in [5, 5.41) is 27.3. The highest BCUT2D eigenvalue weighted by atomic mass is 127. The molecule has 37 heavy (non-hydrogen) atoms. The van der Waals surface area contributed by atoms with Crippen molar-refractivity contribution in [2.45, 2.75) is 0 Å². The molecule has 0 bridgehead atoms. The van der Waals surface area contributed by atoms with Gasteiger partial charge in [-0.3, -0.25) is 19.7 Å². The quantitative estimate of drug-likeness (QED) is 0.103. The molecule has 0 aromatic heterocycles. The Morgan fingerprint density at radius 1 is 1.00 bits per heavy atom. The van der Waals surface area contributed by atoms with Gasteiger partial charge in [-0.05, 0) is 98.8 Å². The topological polar surface area (TPSA) is 137 Å². The Labute approximate surface area is 239 Å². The SMILES string of the molecule is CN(C)c1ccc(/C=C(/NC(=O)c2ccc([N+](=O)[O-])cc2)C(=O)N/N=C/c2cc(I)c(O)c(I)c2)cc1. The van der Waals surface area contributed by atoms with Crippen molar-refractivity contribution in [3.8, 4) is 5.75 Å². The molecule has 0 radical (unpaired) electrons. The van der Waals surface area contributed by atoms with Crippen molar-refractivity contribution in [2.75, 3.05) is 19.0 Å². The summed E-state index contributed by atoms with van der Waals surface area (Å²) in [6.07, 6.45) is 2.92. The highest BCUT2D eigenvalue weighted by molar-refractivity contribution is 14.1. The Kier molecular flexibility index (Phi) is 9.57. The summed E-state index contributed by atoms with van der Waals surface area (Å²) < 4.78 is 1.27. The highest BCUT2D eigenvalue weighted by Crippen LogP contribution is 2.26. The molecule has 190 valence electrons. The predicted octanol–water partition coefficient (Wildman–Crippen LogP) is 4.50. The van der Waals surface area contributed by atoms with E-state index in [2.05, 4.69) is 15.8 Å². The molecule has 0 spiro atoms. The predicted molar refractivity (Wildman–Crippen MR) is 159 cm³/mol. The fourth-order valence-corrected chi connectivity index (χ4v) is 4.82. The van der Waals surface area contributed by atoms with Crippen LogP contribution in [0.1, 0.15) is 21.5 Å². The number of nitro benzene ring substituents is 1. The van der Waals surface area contributed by atoms with E-state index in [0.717, 1.165) is 5.69 Å². The number of non-ortho nitro benzene ring substituents is 1. The Hall–Kier alpha value is -3.53. The van der Waals surface area contributed by atoms with Crippen molar-refractivity contribution in [1.82, 2.24) is 10.7 Å². The number of aromatic hydroxyl groups is 1. The van der Waals surface area contributed by atoms with Gasteiger partial charge >= 0.3 is 0 Å². The van der Waals surface area contributed by atoms with E-state index in [1.54, 1.807) is 24.3 Å². The molecule has 3 rings (SSSR count). The Bertz CT molecular complexity index is 1360. The zero-order valence-electron chi connectivity index (χ0n) is 19.6. The number of phenols is 1. The number of carbonyl (C=O) groups is 2. The fraction of sp³-hybridized carbons (Fsp3) is 0.0800. The van der Waals surface area contributed by atoms with Crippen molar-refractivity contribution in [2.24, 2.45) is 5.10 Å². The number of hydrogen-bond donors (Lipinski definition) is 3. The van der Waals surface area contributed by atoms with Crippen LogP contribution in [0.3, 0.4) is 0 Å². The minimum atomic E-state index is -0.675. The van der Waals surface area contributed by atoms with E-state index in [0.29, 0.717) is 18.3 Å². The van der Waals surface area contributed by atoms with Crippen LogP contribution in [0.4, 0.5) is 11.4 Å². The average molecular weight is 725 g/mol. The maximum Gasteiger partial charge on any atom is 0.287 e. The van der Waals surface area contributed by atoms with Gasteiger partial charge in [0.15, 0.2) is 0 Å². The van der Waals surface area contributed by atoms with Crippen molar-refractivity contribution in [1.29, 1.82) is 0 Å². The lowest BCUT2D eigenvalue weighted by Crippen LogP contribution is -2.32. The maximum atomic E-state index is 13.0. The number of nitrogens with zero attached hydrogens (tertiary/aromatic N) is 3. The number of carbonyl (C=O) groups excluding carboxylic acids is 2. The highest BCUT2D eigenvalue weighted by Gasteiger charge is 2.16. The minimum Gasteiger partial charge on any atom is -0.506 e. The lowest BCUT2D eigenvalue weighted by atomic mass is 10.1. The van der Waals surface area contributed by atoms with Crippen molar-refractivity contribution < 1.29 is 19.6 Å². The number of amides is 2. The van der Waals surface area contributed by atoms with E-state index in [-0.39, 0.29) is 22.7 Å². The molecule has 0 fully saturated rings. The second kappa shape index (κ2) is 12.6. The molecule has 2 amide bonds. The number of nitrogens with one attached hydrogen (secondary N) is 2. The average Bonchev–Trinajstić information content (AvgIpc) is 2.87. The third-order valence-corrected chi connectivity index (χ3v) is 6.62. The Morgan fingerprint density at radius 2 is 1.59 bits per heavy atom. The molecule has 3 aromatic rings. The van der Waals surface area contributed by atoms with Crippen molar-refractivity contribution in [3.63, 3.8) is 0 Å². The zero-order valence-corrected chi connectivity index (χ0v) is 23.9. The van der Waals surface area contributed by atoms with E-state index in [1.807, 2.05) is 76.3 Å². The molecule has 0 aliphatic rings. The number of hydrogen-bond acceptors (Lipinski definition) is 7. The summed E-state index contributed by atoms with van der Waals surface area (Å²) >= 11 is 3.99. The van der Waals surface area contributed by atoms with Gasteiger partial charge in [0.1, 0.15) is 11.4 Å². The Morgan fingerprint density at radius 3 is 2.14 bits per heavy atom. The normalized spacial score (nSPS) is 11.3. The largest absolute Gasteiger partial charge is 0.506 e. The number of phenolic OH excluding ortho intramolecular Hbond substituents is 1. The van der Waals surface area contributed by atoms with Crippen LogP contribution in [0.2, 0.25) is 0 Å². The molecule has 0 unspecified atom stereocenters. The number of benzene rings is 3. The lowest BCUT2D eigenvalue weighted by molar-refractivity contribution is -0.384. The lowest BCUT2D eigenvalue weighted by Gasteiger charge is -2.12. The molecule has 0 saturated carbocycles. The number of rotatable bonds is 8. The molecule has 0 atom stereocenters. The van der Waals surface area contributed by atoms with E-state index in [9.17, 15) is 24.8 Å². The molecule has 3 aromatic carbocycles. The molecule has 12 heteroatoms. The molecule has 10 nitrogen and oxygen atoms in total. The van der Waals surface area contributed by atoms with Gasteiger partial charge in [0.2, 0.25) is 0 Å². The first-order valence-electron chi connectivity index (χ1n) is 10.6. The number of anilines is 1. The summed E-state index contributed by atoms with van der Waals surface area (Å²) in [5.74, 6) is -1.12. The molecular formula is C25H21I2N5O5. The van der Waals surface area contributed by atoms with Gasteiger partial charge in [0, 0.05) is 37.5 Å². The van der Waals surface area contributed by atoms with Crippen LogP contribution >= 0.6 is 45.2 Å². The van der Waals surface area contributed by atoms with E-state index < -0.39 is 16.7 Å². The smallest absolute Gasteiger partial charge is 0.287 e. The number of halogens is 2. The van der Waals surface area contributed by atoms with Crippen LogP contribution in [0.5, 0.6) is 5.75 Å². The number of nitro groups is 1. The van der Waals surface area contributed by atoms with E-state index >= 15 is 0 Å². The summed E-state index contributed by atoms with van der Waals surface area (Å²) in [7, 11) is 3.81. The van der Waals surface area contributed by atoms with Gasteiger partial charge < -0.3 is 15.3 Å². The molecule has 3 N–H and O–H groups in total. The van der Waals surface area contributed by atoms with Crippen LogP contribution in [-0.2, 0) is 4.79 Å². The zero-order chi connectivity index (χ0) is 27.1. The maximum absolute atomic E-state index is 13.0. The summed E-state index contributed by atoms with van der Waals surface area (Å²) in [6, 6.07) is 15.8. The van der Waals surface area contributed by atoms with Crippen molar-refractivity contribution >= 4 is 80.7 Å². The van der Waals surface area contributed by atoms with Crippen molar-refractivity contribution in [3.05, 3.63) is 100 Å². The second-order valence-corrected chi connectivity index (χ2v) is 10.2. The molecular weight excluding hydrogens is 704 g/mol. The van der Waals surface area contributed by atoms with Gasteiger partial charge in [-0.25, -0.2) is 5.43 Å². The standard InChI is InChI=1S/C25H21I2N5O5/c1-31(2)18-7-3-15(4-8-18)13-22(29-24(34)17-5-9-19(10-6-17)32(36)37)25(35)30-28-14-16-11-20(26)23(33)21(27)12-16/h3-14,33H,1-2H3,(H,29,34)(H,30,35)/b22-13+,28-14+. The molecule has 0 heterocycles. The third kappa shape index (κ3) is 7.72. The first-order chi connectivity index (χ1) is 17.5. The molecule has 0 saturated heterocycles. The second-order valence-electron chi connectivity index (χ2n) is 7.83. The van der Waals surface area contributed by atoms with E-state index in [4.69, 9.17) is 0 Å². The van der Waals surface area contributed by atoms with E-state index in [1.165, 1.54) is 36.6 Å². The molecule has 0 aliphatic carbocycles. The van der Waals surface area contributed by atoms with Crippen LogP contribution < -0.4 is 15.6 Å². The van der Waals surface area contributed by atoms with Crippen LogP contribution in [0, 0.1) is 17.3 Å². The van der Waals surface area contributed by atoms with Crippen LogP contribution in [0.25, 0.3) is 6.08 Å². The van der Waals surface area contributed by atoms with Gasteiger partial charge in [-0.1, -0.05) is 12.1 Å². The van der Waals surface area contributed by atoms with Crippen LogP contribution in [0.15, 0.2) is 71.5 Å². The Balaban J connectivity index is 1.84. The fourth-order valence-electron chi connectivity index (χ4n) is 3.01. The first kappa shape index (κ1) is 28.0. The summed E-state index contributed by atoms with van der Waals surface area (Å²) in [5.41, 5.74) is 4.59. The third-order valence-electron chi connectivity index (χ3n) is 4.97. The first-order valence-corrected chi connectivity index (χ1v) is 12.8. The summed E-state index contributed by atoms with van der Waals surface area (Å²) in [4.78, 5) is 38.0. The van der Waals surface area contributed by atoms with Crippen LogP contribution in [-0.4, -0.2) is 42.2 Å². The van der Waals surface area contributed by atoms with Gasteiger partial charge in [-0.15, -0.1) is 0 Å². The number of hydrazone groups is 1. The van der Waals surface area contributed by atoms with Gasteiger partial charge in [0.05, 0.1) is 18.3 Å².